The van der Waals surface area contributed by atoms with Crippen molar-refractivity contribution in [1.29, 1.82) is 0 Å². The topological polar surface area (TPSA) is 117 Å². The van der Waals surface area contributed by atoms with Crippen LogP contribution in [0.15, 0.2) is 78.9 Å². The molecule has 2 bridgehead atoms. The predicted octanol–water partition coefficient (Wildman–Crippen LogP) is 4.77. The van der Waals surface area contributed by atoms with Crippen LogP contribution < -0.4 is 15.4 Å². The second-order valence-corrected chi connectivity index (χ2v) is 10.9. The van der Waals surface area contributed by atoms with Crippen molar-refractivity contribution < 1.29 is 29.0 Å². The Kier molecular flexibility index (Phi) is 9.38. The molecule has 42 heavy (non-hydrogen) atoms. The lowest BCUT2D eigenvalue weighted by atomic mass is 9.86. The molecular formula is C33H37N3O6. The summed E-state index contributed by atoms with van der Waals surface area (Å²) in [6, 6.07) is 22.9. The molecule has 9 nitrogen and oxygen atoms in total. The monoisotopic (exact) mass is 571 g/mol. The van der Waals surface area contributed by atoms with E-state index in [1.807, 2.05) is 54.6 Å². The van der Waals surface area contributed by atoms with Gasteiger partial charge in [0.05, 0.1) is 6.04 Å². The second-order valence-electron chi connectivity index (χ2n) is 10.9. The zero-order valence-electron chi connectivity index (χ0n) is 23.7. The molecule has 3 heterocycles. The summed E-state index contributed by atoms with van der Waals surface area (Å²) in [5.74, 6) is -0.436. The van der Waals surface area contributed by atoms with E-state index >= 15 is 0 Å². The normalized spacial score (nSPS) is 20.6. The number of carbonyl (C=O) groups is 3. The van der Waals surface area contributed by atoms with Crippen molar-refractivity contribution in [3.05, 3.63) is 101 Å². The van der Waals surface area contributed by atoms with Crippen LogP contribution in [0.1, 0.15) is 59.3 Å². The van der Waals surface area contributed by atoms with Crippen LogP contribution in [-0.4, -0.2) is 59.8 Å². The predicted molar refractivity (Wildman–Crippen MR) is 157 cm³/mol. The highest BCUT2D eigenvalue weighted by Crippen LogP contribution is 2.30. The first-order valence-electron chi connectivity index (χ1n) is 14.5. The molecule has 3 aromatic carbocycles. The summed E-state index contributed by atoms with van der Waals surface area (Å²) in [4.78, 5) is 39.1. The summed E-state index contributed by atoms with van der Waals surface area (Å²) in [5.41, 5.74) is 3.02. The van der Waals surface area contributed by atoms with Crippen molar-refractivity contribution >= 4 is 18.0 Å². The van der Waals surface area contributed by atoms with Crippen LogP contribution in [0.5, 0.6) is 5.75 Å². The van der Waals surface area contributed by atoms with Crippen molar-refractivity contribution in [2.24, 2.45) is 5.92 Å². The molecule has 3 N–H and O–H groups in total. The summed E-state index contributed by atoms with van der Waals surface area (Å²) < 4.78 is 12.0. The standard InChI is InChI=1S/C33H37N3O6/c1-2-28(32(38)39)34-31(37)25-13-11-22(12-14-25)21-41-27-10-6-9-26(19-27)30(24-7-4-3-5-8-24)35-33(40)42-29-20-36-17-15-23(29)16-18-36/h3-14,19,23,28-30H,2,15-18,20-21H2,1H3,(H,34,37)(H,35,40)(H,38,39). The molecule has 9 heteroatoms. The van der Waals surface area contributed by atoms with Gasteiger partial charge in [0.25, 0.3) is 5.91 Å². The minimum atomic E-state index is -1.06. The summed E-state index contributed by atoms with van der Waals surface area (Å²) in [5, 5.41) is 14.8. The number of hydrogen-bond acceptors (Lipinski definition) is 6. The van der Waals surface area contributed by atoms with Crippen LogP contribution >= 0.6 is 0 Å². The highest BCUT2D eigenvalue weighted by Gasteiger charge is 2.36. The van der Waals surface area contributed by atoms with Gasteiger partial charge in [-0.3, -0.25) is 9.69 Å². The van der Waals surface area contributed by atoms with Gasteiger partial charge < -0.3 is 25.2 Å². The van der Waals surface area contributed by atoms with Crippen LogP contribution in [0.2, 0.25) is 0 Å². The molecule has 220 valence electrons. The van der Waals surface area contributed by atoms with Crippen molar-refractivity contribution in [3.63, 3.8) is 0 Å². The lowest BCUT2D eigenvalue weighted by molar-refractivity contribution is -0.139. The Morgan fingerprint density at radius 3 is 2.29 bits per heavy atom. The number of piperidine rings is 3. The van der Waals surface area contributed by atoms with E-state index in [1.165, 1.54) is 0 Å². The zero-order valence-corrected chi connectivity index (χ0v) is 23.7. The number of alkyl carbamates (subject to hydrolysis) is 1. The molecule has 0 saturated carbocycles. The van der Waals surface area contributed by atoms with Crippen molar-refractivity contribution in [1.82, 2.24) is 15.5 Å². The van der Waals surface area contributed by atoms with E-state index in [-0.39, 0.29) is 12.7 Å². The van der Waals surface area contributed by atoms with E-state index < -0.39 is 30.1 Å². The van der Waals surface area contributed by atoms with E-state index in [9.17, 15) is 19.5 Å². The van der Waals surface area contributed by atoms with Gasteiger partial charge >= 0.3 is 12.1 Å². The van der Waals surface area contributed by atoms with Gasteiger partial charge in [0.15, 0.2) is 0 Å². The molecule has 2 amide bonds. The van der Waals surface area contributed by atoms with E-state index in [2.05, 4.69) is 15.5 Å². The van der Waals surface area contributed by atoms with E-state index in [4.69, 9.17) is 9.47 Å². The Bertz CT molecular complexity index is 1370. The molecule has 0 aliphatic carbocycles. The second kappa shape index (κ2) is 13.5. The number of nitrogens with zero attached hydrogens (tertiary/aromatic N) is 1. The van der Waals surface area contributed by atoms with Crippen molar-refractivity contribution in [2.75, 3.05) is 19.6 Å². The lowest BCUT2D eigenvalue weighted by Gasteiger charge is -2.43. The Morgan fingerprint density at radius 1 is 0.929 bits per heavy atom. The first-order chi connectivity index (χ1) is 20.4. The number of benzene rings is 3. The van der Waals surface area contributed by atoms with Gasteiger partial charge in [-0.2, -0.15) is 0 Å². The summed E-state index contributed by atoms with van der Waals surface area (Å²) in [6.45, 7) is 4.93. The quantitative estimate of drug-likeness (QED) is 0.304. The number of ether oxygens (including phenoxy) is 2. The first-order valence-corrected chi connectivity index (χ1v) is 14.5. The number of carboxylic acids is 1. The Morgan fingerprint density at radius 2 is 1.64 bits per heavy atom. The van der Waals surface area contributed by atoms with Crippen LogP contribution in [-0.2, 0) is 16.1 Å². The third kappa shape index (κ3) is 7.28. The molecule has 3 saturated heterocycles. The highest BCUT2D eigenvalue weighted by atomic mass is 16.6. The number of amides is 2. The Hall–Kier alpha value is -4.37. The lowest BCUT2D eigenvalue weighted by Crippen LogP contribution is -2.52. The molecule has 3 atom stereocenters. The third-order valence-electron chi connectivity index (χ3n) is 8.07. The Labute approximate surface area is 245 Å². The first kappa shape index (κ1) is 29.1. The molecule has 3 aromatic rings. The maximum atomic E-state index is 13.1. The average molecular weight is 572 g/mol. The minimum absolute atomic E-state index is 0.0821. The molecule has 3 aliphatic rings. The molecule has 0 radical (unpaired) electrons. The van der Waals surface area contributed by atoms with Crippen LogP contribution in [0, 0.1) is 5.92 Å². The molecule has 3 aliphatic heterocycles. The number of hydrogen-bond donors (Lipinski definition) is 3. The van der Waals surface area contributed by atoms with E-state index in [0.717, 1.165) is 49.2 Å². The number of carboxylic acid groups (broad SMARTS) is 1. The smallest absolute Gasteiger partial charge is 0.408 e. The van der Waals surface area contributed by atoms with Gasteiger partial charge in [-0.15, -0.1) is 0 Å². The fourth-order valence-electron chi connectivity index (χ4n) is 5.62. The molecule has 0 aromatic heterocycles. The zero-order chi connectivity index (χ0) is 29.5. The molecule has 0 spiro atoms. The molecular weight excluding hydrogens is 534 g/mol. The van der Waals surface area contributed by atoms with Crippen LogP contribution in [0.25, 0.3) is 0 Å². The highest BCUT2D eigenvalue weighted by molar-refractivity contribution is 5.96. The van der Waals surface area contributed by atoms with Gasteiger partial charge in [-0.25, -0.2) is 9.59 Å². The van der Waals surface area contributed by atoms with Gasteiger partial charge in [0.2, 0.25) is 0 Å². The van der Waals surface area contributed by atoms with E-state index in [1.54, 1.807) is 31.2 Å². The van der Waals surface area contributed by atoms with Crippen LogP contribution in [0.3, 0.4) is 0 Å². The van der Waals surface area contributed by atoms with E-state index in [0.29, 0.717) is 23.7 Å². The maximum Gasteiger partial charge on any atom is 0.408 e. The van der Waals surface area contributed by atoms with Gasteiger partial charge in [-0.05, 0) is 79.2 Å². The number of carbonyl (C=O) groups excluding carboxylic acids is 2. The summed E-state index contributed by atoms with van der Waals surface area (Å²) in [7, 11) is 0. The van der Waals surface area contributed by atoms with Gasteiger partial charge in [0.1, 0.15) is 24.5 Å². The molecule has 3 unspecified atom stereocenters. The summed E-state index contributed by atoms with van der Waals surface area (Å²) >= 11 is 0. The number of aliphatic carboxylic acids is 1. The van der Waals surface area contributed by atoms with Gasteiger partial charge in [-0.1, -0.05) is 61.5 Å². The Balaban J connectivity index is 1.23. The maximum absolute atomic E-state index is 13.1. The SMILES string of the molecule is CCC(NC(=O)c1ccc(COc2cccc(C(NC(=O)OC3CN4CCC3CC4)c3ccccc3)c2)cc1)C(=O)O. The number of nitrogens with one attached hydrogen (secondary N) is 2. The fourth-order valence-corrected chi connectivity index (χ4v) is 5.62. The summed E-state index contributed by atoms with van der Waals surface area (Å²) in [6.07, 6.45) is 1.93. The largest absolute Gasteiger partial charge is 0.489 e. The molecule has 6 rings (SSSR count). The van der Waals surface area contributed by atoms with Crippen LogP contribution in [0.4, 0.5) is 4.79 Å². The third-order valence-corrected chi connectivity index (χ3v) is 8.07. The average Bonchev–Trinajstić information content (AvgIpc) is 3.02. The van der Waals surface area contributed by atoms with Gasteiger partial charge in [0, 0.05) is 12.1 Å². The minimum Gasteiger partial charge on any atom is -0.489 e. The number of fused-ring (bicyclic) bond motifs is 3. The number of rotatable bonds is 11. The van der Waals surface area contributed by atoms with Crippen molar-refractivity contribution in [3.8, 4) is 5.75 Å². The molecule has 3 fully saturated rings. The van der Waals surface area contributed by atoms with Crippen molar-refractivity contribution in [2.45, 2.75) is 51.0 Å². The fraction of sp³-hybridized carbons (Fsp3) is 0.364.